The maximum atomic E-state index is 12.3. The molecular formula is C31H30N2O3. The minimum Gasteiger partial charge on any atom is -0.497 e. The van der Waals surface area contributed by atoms with Crippen molar-refractivity contribution in [3.05, 3.63) is 96.6 Å². The topological polar surface area (TPSA) is 50.8 Å². The Morgan fingerprint density at radius 2 is 1.61 bits per heavy atom. The highest BCUT2D eigenvalue weighted by atomic mass is 16.5. The van der Waals surface area contributed by atoms with Crippen LogP contribution in [-0.2, 0) is 4.79 Å². The first kappa shape index (κ1) is 23.6. The number of nitrogens with zero attached hydrogens (tertiary/aromatic N) is 1. The second-order valence-electron chi connectivity index (χ2n) is 8.92. The average molecular weight is 479 g/mol. The number of ether oxygens (including phenoxy) is 2. The molecule has 1 fully saturated rings. The molecule has 0 aliphatic carbocycles. The number of benzene rings is 4. The number of hydrogen-bond donors (Lipinski definition) is 1. The van der Waals surface area contributed by atoms with Gasteiger partial charge in [-0.3, -0.25) is 10.2 Å². The van der Waals surface area contributed by atoms with Crippen LogP contribution in [0.25, 0.3) is 28.0 Å². The first-order chi connectivity index (χ1) is 17.7. The van der Waals surface area contributed by atoms with Gasteiger partial charge in [0.2, 0.25) is 0 Å². The molecule has 36 heavy (non-hydrogen) atoms. The molecule has 1 N–H and O–H groups in total. The third-order valence-corrected chi connectivity index (χ3v) is 6.41. The van der Waals surface area contributed by atoms with Crippen LogP contribution in [-0.4, -0.2) is 31.1 Å². The molecular weight excluding hydrogens is 448 g/mol. The number of hydrazine groups is 1. The molecule has 4 aromatic carbocycles. The van der Waals surface area contributed by atoms with Crippen LogP contribution >= 0.6 is 0 Å². The Kier molecular flexibility index (Phi) is 7.29. The van der Waals surface area contributed by atoms with E-state index in [9.17, 15) is 4.79 Å². The normalized spacial score (nSPS) is 14.1. The molecule has 1 amide bonds. The molecule has 0 unspecified atom stereocenters. The number of carbonyl (C=O) groups is 1. The highest BCUT2D eigenvalue weighted by molar-refractivity contribution is 5.96. The third-order valence-electron chi connectivity index (χ3n) is 6.41. The van der Waals surface area contributed by atoms with Gasteiger partial charge in [0, 0.05) is 30.1 Å². The van der Waals surface area contributed by atoms with Crippen molar-refractivity contribution in [2.45, 2.75) is 19.3 Å². The lowest BCUT2D eigenvalue weighted by Gasteiger charge is -2.26. The van der Waals surface area contributed by atoms with Crippen molar-refractivity contribution in [2.24, 2.45) is 0 Å². The summed E-state index contributed by atoms with van der Waals surface area (Å²) in [4.78, 5) is 12.3. The minimum absolute atomic E-state index is 0.101. The van der Waals surface area contributed by atoms with Gasteiger partial charge in [-0.25, -0.2) is 5.01 Å². The van der Waals surface area contributed by atoms with Gasteiger partial charge in [0.25, 0.3) is 5.91 Å². The Morgan fingerprint density at radius 3 is 2.36 bits per heavy atom. The lowest BCUT2D eigenvalue weighted by molar-refractivity contribution is -0.121. The fourth-order valence-electron chi connectivity index (χ4n) is 4.50. The Labute approximate surface area is 211 Å². The summed E-state index contributed by atoms with van der Waals surface area (Å²) in [5.41, 5.74) is 5.99. The van der Waals surface area contributed by atoms with Crippen LogP contribution < -0.4 is 14.9 Å². The van der Waals surface area contributed by atoms with Crippen LogP contribution in [0, 0.1) is 0 Å². The SMILES string of the molecule is COc1ccc2c(Oc3ccc(C=CC(=O)NN4CCCCC4)cc3)c(-c3ccccc3)ccc2c1. The van der Waals surface area contributed by atoms with Crippen LogP contribution in [0.3, 0.4) is 0 Å². The zero-order chi connectivity index (χ0) is 24.7. The molecule has 1 heterocycles. The first-order valence-corrected chi connectivity index (χ1v) is 12.4. The van der Waals surface area contributed by atoms with Crippen molar-refractivity contribution in [1.29, 1.82) is 0 Å². The molecule has 1 saturated heterocycles. The summed E-state index contributed by atoms with van der Waals surface area (Å²) in [6.07, 6.45) is 6.89. The molecule has 5 nitrogen and oxygen atoms in total. The molecule has 0 atom stereocenters. The fraction of sp³-hybridized carbons (Fsp3) is 0.194. The van der Waals surface area contributed by atoms with E-state index >= 15 is 0 Å². The summed E-state index contributed by atoms with van der Waals surface area (Å²) < 4.78 is 11.9. The second-order valence-corrected chi connectivity index (χ2v) is 8.92. The molecule has 1 aliphatic heterocycles. The Balaban J connectivity index is 1.37. The van der Waals surface area contributed by atoms with Gasteiger partial charge in [-0.15, -0.1) is 0 Å². The molecule has 0 saturated carbocycles. The summed E-state index contributed by atoms with van der Waals surface area (Å²) in [7, 11) is 1.67. The van der Waals surface area contributed by atoms with Crippen LogP contribution in [0.2, 0.25) is 0 Å². The number of nitrogens with one attached hydrogen (secondary N) is 1. The second kappa shape index (κ2) is 11.1. The number of rotatable bonds is 7. The largest absolute Gasteiger partial charge is 0.497 e. The van der Waals surface area contributed by atoms with Crippen molar-refractivity contribution >= 4 is 22.8 Å². The van der Waals surface area contributed by atoms with E-state index in [0.717, 1.165) is 70.6 Å². The highest BCUT2D eigenvalue weighted by Crippen LogP contribution is 2.40. The smallest absolute Gasteiger partial charge is 0.258 e. The van der Waals surface area contributed by atoms with Crippen molar-refractivity contribution in [3.8, 4) is 28.4 Å². The van der Waals surface area contributed by atoms with E-state index in [1.165, 1.54) is 6.42 Å². The third kappa shape index (κ3) is 5.58. The van der Waals surface area contributed by atoms with Crippen molar-refractivity contribution in [3.63, 3.8) is 0 Å². The summed E-state index contributed by atoms with van der Waals surface area (Å²) >= 11 is 0. The number of fused-ring (bicyclic) bond motifs is 1. The van der Waals surface area contributed by atoms with Crippen LogP contribution in [0.4, 0.5) is 0 Å². The molecule has 5 rings (SSSR count). The maximum absolute atomic E-state index is 12.3. The zero-order valence-electron chi connectivity index (χ0n) is 20.4. The average Bonchev–Trinajstić information content (AvgIpc) is 2.93. The van der Waals surface area contributed by atoms with Gasteiger partial charge in [0.05, 0.1) is 7.11 Å². The number of hydrogen-bond acceptors (Lipinski definition) is 4. The summed E-state index contributed by atoms with van der Waals surface area (Å²) in [5, 5.41) is 4.05. The van der Waals surface area contributed by atoms with Crippen molar-refractivity contribution < 1.29 is 14.3 Å². The summed E-state index contributed by atoms with van der Waals surface area (Å²) in [5.74, 6) is 2.23. The number of piperidine rings is 1. The number of carbonyl (C=O) groups excluding carboxylic acids is 1. The quantitative estimate of drug-likeness (QED) is 0.296. The van der Waals surface area contributed by atoms with Crippen LogP contribution in [0.5, 0.6) is 17.2 Å². The molecule has 4 aromatic rings. The maximum Gasteiger partial charge on any atom is 0.258 e. The van der Waals surface area contributed by atoms with Gasteiger partial charge in [-0.2, -0.15) is 0 Å². The van der Waals surface area contributed by atoms with Gasteiger partial charge >= 0.3 is 0 Å². The number of methoxy groups -OCH3 is 1. The van der Waals surface area contributed by atoms with E-state index in [4.69, 9.17) is 9.47 Å². The molecule has 182 valence electrons. The fourth-order valence-corrected chi connectivity index (χ4v) is 4.50. The molecule has 0 radical (unpaired) electrons. The molecule has 5 heteroatoms. The van der Waals surface area contributed by atoms with E-state index in [1.54, 1.807) is 13.2 Å². The molecule has 0 spiro atoms. The zero-order valence-corrected chi connectivity index (χ0v) is 20.4. The van der Waals surface area contributed by atoms with E-state index in [0.29, 0.717) is 0 Å². The van der Waals surface area contributed by atoms with E-state index in [1.807, 2.05) is 71.7 Å². The Hall–Kier alpha value is -4.09. The summed E-state index contributed by atoms with van der Waals surface area (Å²) in [6, 6.07) is 28.2. The van der Waals surface area contributed by atoms with Gasteiger partial charge in [-0.1, -0.05) is 55.0 Å². The molecule has 0 bridgehead atoms. The monoisotopic (exact) mass is 478 g/mol. The lowest BCUT2D eigenvalue weighted by atomic mass is 9.99. The van der Waals surface area contributed by atoms with Crippen molar-refractivity contribution in [1.82, 2.24) is 10.4 Å². The van der Waals surface area contributed by atoms with E-state index in [2.05, 4.69) is 29.7 Å². The van der Waals surface area contributed by atoms with Gasteiger partial charge in [-0.05, 0) is 71.8 Å². The van der Waals surface area contributed by atoms with Gasteiger partial charge in [0.15, 0.2) is 0 Å². The lowest BCUT2D eigenvalue weighted by Crippen LogP contribution is -2.44. The standard InChI is InChI=1S/C31H30N2O3/c1-35-27-16-18-29-25(22-27)13-17-28(24-8-4-2-5-9-24)31(29)36-26-14-10-23(11-15-26)12-19-30(34)32-33-20-6-3-7-21-33/h2,4-5,8-19,22H,3,6-7,20-21H2,1H3,(H,32,34). The van der Waals surface area contributed by atoms with Gasteiger partial charge < -0.3 is 9.47 Å². The molecule has 0 aromatic heterocycles. The van der Waals surface area contributed by atoms with Gasteiger partial charge in [0.1, 0.15) is 17.2 Å². The number of amides is 1. The van der Waals surface area contributed by atoms with Crippen molar-refractivity contribution in [2.75, 3.05) is 20.2 Å². The van der Waals surface area contributed by atoms with Crippen LogP contribution in [0.15, 0.2) is 91.0 Å². The van der Waals surface area contributed by atoms with E-state index < -0.39 is 0 Å². The molecule has 1 aliphatic rings. The van der Waals surface area contributed by atoms with E-state index in [-0.39, 0.29) is 5.91 Å². The Morgan fingerprint density at radius 1 is 0.861 bits per heavy atom. The Bertz CT molecular complexity index is 1360. The predicted molar refractivity (Wildman–Crippen MR) is 145 cm³/mol. The highest BCUT2D eigenvalue weighted by Gasteiger charge is 2.14. The predicted octanol–water partition coefficient (Wildman–Crippen LogP) is 6.84. The van der Waals surface area contributed by atoms with Crippen LogP contribution in [0.1, 0.15) is 24.8 Å². The first-order valence-electron chi connectivity index (χ1n) is 12.4. The summed E-state index contributed by atoms with van der Waals surface area (Å²) in [6.45, 7) is 1.83. The minimum atomic E-state index is -0.101.